The number of fused-ring (bicyclic) bond motifs is 1. The number of anilines is 1. The lowest BCUT2D eigenvalue weighted by Gasteiger charge is -2.38. The van der Waals surface area contributed by atoms with Crippen molar-refractivity contribution in [3.63, 3.8) is 0 Å². The Morgan fingerprint density at radius 3 is 2.69 bits per heavy atom. The normalized spacial score (nSPS) is 17.4. The van der Waals surface area contributed by atoms with Gasteiger partial charge in [-0.2, -0.15) is 0 Å². The summed E-state index contributed by atoms with van der Waals surface area (Å²) in [5.74, 6) is 3.10. The summed E-state index contributed by atoms with van der Waals surface area (Å²) in [7, 11) is 0. The molecule has 1 saturated heterocycles. The number of guanidine groups is 1. The minimum absolute atomic E-state index is 0.590. The van der Waals surface area contributed by atoms with Crippen LogP contribution in [0.2, 0.25) is 0 Å². The molecule has 0 unspecified atom stereocenters. The molecule has 2 aliphatic rings. The van der Waals surface area contributed by atoms with E-state index in [0.717, 1.165) is 63.3 Å². The molecule has 0 saturated carbocycles. The minimum atomic E-state index is 0.590. The van der Waals surface area contributed by atoms with Gasteiger partial charge in [-0.15, -0.1) is 10.2 Å². The van der Waals surface area contributed by atoms with Gasteiger partial charge in [0.1, 0.15) is 12.4 Å². The molecule has 1 fully saturated rings. The highest BCUT2D eigenvalue weighted by Gasteiger charge is 2.22. The number of nitrogens with one attached hydrogen (secondary N) is 1. The molecule has 0 radical (unpaired) electrons. The van der Waals surface area contributed by atoms with Crippen molar-refractivity contribution in [2.45, 2.75) is 53.1 Å². The molecular formula is C22H33N7. The second kappa shape index (κ2) is 8.84. The number of hydrogen-bond donors (Lipinski definition) is 1. The monoisotopic (exact) mass is 395 g/mol. The van der Waals surface area contributed by atoms with E-state index < -0.39 is 0 Å². The summed E-state index contributed by atoms with van der Waals surface area (Å²) in [4.78, 5) is 9.78. The highest BCUT2D eigenvalue weighted by molar-refractivity contribution is 5.80. The van der Waals surface area contributed by atoms with E-state index in [-0.39, 0.29) is 0 Å². The fourth-order valence-corrected chi connectivity index (χ4v) is 4.29. The van der Waals surface area contributed by atoms with Gasteiger partial charge in [0.15, 0.2) is 11.8 Å². The van der Waals surface area contributed by atoms with Gasteiger partial charge < -0.3 is 19.7 Å². The first-order valence-electron chi connectivity index (χ1n) is 10.9. The Kier molecular flexibility index (Phi) is 6.02. The topological polar surface area (TPSA) is 61.6 Å². The van der Waals surface area contributed by atoms with Gasteiger partial charge in [-0.3, -0.25) is 0 Å². The number of nitrogens with zero attached hydrogens (tertiary/aromatic N) is 6. The van der Waals surface area contributed by atoms with E-state index in [0.29, 0.717) is 6.54 Å². The lowest BCUT2D eigenvalue weighted by Crippen LogP contribution is -2.52. The van der Waals surface area contributed by atoms with Crippen molar-refractivity contribution in [1.29, 1.82) is 0 Å². The fourth-order valence-electron chi connectivity index (χ4n) is 4.29. The maximum absolute atomic E-state index is 4.91. The van der Waals surface area contributed by atoms with E-state index in [1.54, 1.807) is 0 Å². The van der Waals surface area contributed by atoms with Gasteiger partial charge in [0.25, 0.3) is 0 Å². The summed E-state index contributed by atoms with van der Waals surface area (Å²) >= 11 is 0. The van der Waals surface area contributed by atoms with Gasteiger partial charge in [-0.05, 0) is 50.8 Å². The summed E-state index contributed by atoms with van der Waals surface area (Å²) in [6, 6.07) is 6.59. The standard InChI is InChI=1S/C22H33N7/c1-4-23-22(24-16-21-26-25-20-10-5-6-11-29(20)21)28-14-12-27(13-15-28)19-9-7-8-17(2)18(19)3/h7-9H,4-6,10-16H2,1-3H3,(H,23,24). The van der Waals surface area contributed by atoms with Crippen molar-refractivity contribution >= 4 is 11.6 Å². The number of hydrogen-bond acceptors (Lipinski definition) is 4. The second-order valence-corrected chi connectivity index (χ2v) is 8.00. The zero-order valence-corrected chi connectivity index (χ0v) is 18.0. The van der Waals surface area contributed by atoms with Gasteiger partial charge >= 0.3 is 0 Å². The molecule has 3 heterocycles. The molecule has 1 N–H and O–H groups in total. The minimum Gasteiger partial charge on any atom is -0.368 e. The van der Waals surface area contributed by atoms with Crippen molar-refractivity contribution in [3.05, 3.63) is 41.0 Å². The molecule has 7 heteroatoms. The van der Waals surface area contributed by atoms with E-state index in [1.165, 1.54) is 29.7 Å². The first-order chi connectivity index (χ1) is 14.2. The smallest absolute Gasteiger partial charge is 0.194 e. The van der Waals surface area contributed by atoms with Crippen molar-refractivity contribution in [1.82, 2.24) is 25.0 Å². The van der Waals surface area contributed by atoms with Crippen LogP contribution in [0.1, 0.15) is 42.5 Å². The van der Waals surface area contributed by atoms with E-state index in [4.69, 9.17) is 4.99 Å². The number of aryl methyl sites for hydroxylation is 2. The quantitative estimate of drug-likeness (QED) is 0.637. The predicted octanol–water partition coefficient (Wildman–Crippen LogP) is 2.52. The fraction of sp³-hybridized carbons (Fsp3) is 0.591. The second-order valence-electron chi connectivity index (χ2n) is 8.00. The summed E-state index contributed by atoms with van der Waals surface area (Å²) in [6.45, 7) is 13.0. The van der Waals surface area contributed by atoms with Crippen molar-refractivity contribution in [2.24, 2.45) is 4.99 Å². The Hall–Kier alpha value is -2.57. The van der Waals surface area contributed by atoms with Gasteiger partial charge in [-0.1, -0.05) is 12.1 Å². The zero-order chi connectivity index (χ0) is 20.2. The van der Waals surface area contributed by atoms with E-state index in [9.17, 15) is 0 Å². The Morgan fingerprint density at radius 1 is 1.07 bits per heavy atom. The summed E-state index contributed by atoms with van der Waals surface area (Å²) in [5.41, 5.74) is 4.11. The molecule has 0 spiro atoms. The maximum Gasteiger partial charge on any atom is 0.194 e. The molecule has 2 aliphatic heterocycles. The molecule has 156 valence electrons. The highest BCUT2D eigenvalue weighted by atomic mass is 15.4. The lowest BCUT2D eigenvalue weighted by atomic mass is 10.1. The van der Waals surface area contributed by atoms with Gasteiger partial charge in [-0.25, -0.2) is 4.99 Å². The number of aromatic nitrogens is 3. The lowest BCUT2D eigenvalue weighted by molar-refractivity contribution is 0.372. The van der Waals surface area contributed by atoms with Gasteiger partial charge in [0.2, 0.25) is 0 Å². The Labute approximate surface area is 173 Å². The van der Waals surface area contributed by atoms with Crippen LogP contribution in [0.15, 0.2) is 23.2 Å². The molecule has 4 rings (SSSR count). The maximum atomic E-state index is 4.91. The zero-order valence-electron chi connectivity index (χ0n) is 18.0. The predicted molar refractivity (Wildman–Crippen MR) is 117 cm³/mol. The molecular weight excluding hydrogens is 362 g/mol. The van der Waals surface area contributed by atoms with E-state index >= 15 is 0 Å². The Morgan fingerprint density at radius 2 is 1.90 bits per heavy atom. The number of rotatable bonds is 4. The summed E-state index contributed by atoms with van der Waals surface area (Å²) < 4.78 is 2.26. The largest absolute Gasteiger partial charge is 0.368 e. The third-order valence-corrected chi connectivity index (χ3v) is 6.14. The third-order valence-electron chi connectivity index (χ3n) is 6.14. The van der Waals surface area contributed by atoms with Crippen molar-refractivity contribution in [3.8, 4) is 0 Å². The molecule has 1 aromatic heterocycles. The van der Waals surface area contributed by atoms with Crippen LogP contribution in [0.4, 0.5) is 5.69 Å². The van der Waals surface area contributed by atoms with Gasteiger partial charge in [0, 0.05) is 51.4 Å². The molecule has 29 heavy (non-hydrogen) atoms. The number of aliphatic imine (C=N–C) groups is 1. The number of benzene rings is 1. The van der Waals surface area contributed by atoms with Crippen molar-refractivity contribution < 1.29 is 0 Å². The van der Waals surface area contributed by atoms with Crippen LogP contribution in [-0.2, 0) is 19.5 Å². The number of piperazine rings is 1. The van der Waals surface area contributed by atoms with Crippen LogP contribution in [-0.4, -0.2) is 58.3 Å². The van der Waals surface area contributed by atoms with E-state index in [1.807, 2.05) is 0 Å². The molecule has 0 atom stereocenters. The van der Waals surface area contributed by atoms with Crippen molar-refractivity contribution in [2.75, 3.05) is 37.6 Å². The van der Waals surface area contributed by atoms with Crippen LogP contribution < -0.4 is 10.2 Å². The summed E-state index contributed by atoms with van der Waals surface area (Å²) in [6.07, 6.45) is 3.47. The Balaban J connectivity index is 1.42. The average molecular weight is 396 g/mol. The SMILES string of the molecule is CCNC(=NCc1nnc2n1CCCC2)N1CCN(c2cccc(C)c2C)CC1. The van der Waals surface area contributed by atoms with E-state index in [2.05, 4.69) is 68.9 Å². The van der Waals surface area contributed by atoms with Gasteiger partial charge in [0.05, 0.1) is 0 Å². The summed E-state index contributed by atoms with van der Waals surface area (Å²) in [5, 5.41) is 12.2. The first kappa shape index (κ1) is 19.7. The molecule has 2 aromatic rings. The van der Waals surface area contributed by atoms with Crippen LogP contribution in [0.25, 0.3) is 0 Å². The highest BCUT2D eigenvalue weighted by Crippen LogP contribution is 2.24. The van der Waals surface area contributed by atoms with Crippen LogP contribution in [0.5, 0.6) is 0 Å². The Bertz CT molecular complexity index is 862. The molecule has 0 bridgehead atoms. The third kappa shape index (κ3) is 4.23. The first-order valence-corrected chi connectivity index (χ1v) is 10.9. The van der Waals surface area contributed by atoms with Crippen LogP contribution in [0, 0.1) is 13.8 Å². The molecule has 0 amide bonds. The molecule has 7 nitrogen and oxygen atoms in total. The van der Waals surface area contributed by atoms with Crippen LogP contribution in [0.3, 0.4) is 0 Å². The molecule has 1 aromatic carbocycles. The molecule has 0 aliphatic carbocycles. The van der Waals surface area contributed by atoms with Crippen LogP contribution >= 0.6 is 0 Å². The average Bonchev–Trinajstić information content (AvgIpc) is 3.16.